The standard InChI is InChI=1S/C58H36N2/c1-3-14-37(15-4-1)45-21-7-9-26-52(45)59(43-32-33-47-46-22-8-10-27-53(46)60(54(47)36-43)42-19-5-2-6-20-42)44-34-41-31-30-40-17-12-24-49-48-23-11-16-38-28-29-39-18-13-25-50(57(39)55(38)48)51(35-44)58(41)56(40)49/h1-36H. The van der Waals surface area contributed by atoms with Gasteiger partial charge >= 0.3 is 0 Å². The van der Waals surface area contributed by atoms with Crippen molar-refractivity contribution in [3.63, 3.8) is 0 Å². The summed E-state index contributed by atoms with van der Waals surface area (Å²) in [5.41, 5.74) is 9.18. The van der Waals surface area contributed by atoms with E-state index in [4.69, 9.17) is 0 Å². The van der Waals surface area contributed by atoms with Crippen LogP contribution in [0.4, 0.5) is 17.1 Å². The van der Waals surface area contributed by atoms with E-state index in [1.54, 1.807) is 0 Å². The lowest BCUT2D eigenvalue weighted by Gasteiger charge is -2.29. The van der Waals surface area contributed by atoms with Crippen LogP contribution >= 0.6 is 0 Å². The van der Waals surface area contributed by atoms with Crippen LogP contribution in [0.2, 0.25) is 0 Å². The molecule has 1 heterocycles. The molecule has 0 fully saturated rings. The summed E-state index contributed by atoms with van der Waals surface area (Å²) in [5.74, 6) is 0. The van der Waals surface area contributed by atoms with Gasteiger partial charge in [0.1, 0.15) is 0 Å². The quantitative estimate of drug-likeness (QED) is 0.159. The summed E-state index contributed by atoms with van der Waals surface area (Å²) in [6.07, 6.45) is 0. The molecule has 278 valence electrons. The first-order chi connectivity index (χ1) is 29.8. The maximum atomic E-state index is 2.49. The Morgan fingerprint density at radius 1 is 0.300 bits per heavy atom. The lowest BCUT2D eigenvalue weighted by Crippen LogP contribution is -2.11. The van der Waals surface area contributed by atoms with E-state index < -0.39 is 0 Å². The van der Waals surface area contributed by atoms with Gasteiger partial charge in [-0.15, -0.1) is 0 Å². The van der Waals surface area contributed by atoms with Crippen LogP contribution in [0.3, 0.4) is 0 Å². The van der Waals surface area contributed by atoms with Gasteiger partial charge in [0, 0.05) is 33.4 Å². The zero-order chi connectivity index (χ0) is 39.3. The lowest BCUT2D eigenvalue weighted by molar-refractivity contribution is 1.18. The van der Waals surface area contributed by atoms with Gasteiger partial charge < -0.3 is 9.47 Å². The first kappa shape index (κ1) is 33.1. The molecule has 0 bridgehead atoms. The molecule has 12 aromatic carbocycles. The second-order valence-electron chi connectivity index (χ2n) is 16.0. The summed E-state index contributed by atoms with van der Waals surface area (Å²) in [6, 6.07) is 80.8. The highest BCUT2D eigenvalue weighted by atomic mass is 15.1. The van der Waals surface area contributed by atoms with E-state index in [1.807, 2.05) is 0 Å². The van der Waals surface area contributed by atoms with E-state index in [0.29, 0.717) is 0 Å². The van der Waals surface area contributed by atoms with Crippen LogP contribution < -0.4 is 4.90 Å². The summed E-state index contributed by atoms with van der Waals surface area (Å²) < 4.78 is 2.42. The van der Waals surface area contributed by atoms with Crippen molar-refractivity contribution in [3.8, 4) is 16.8 Å². The molecule has 0 aliphatic carbocycles. The van der Waals surface area contributed by atoms with Gasteiger partial charge in [0.2, 0.25) is 0 Å². The highest BCUT2D eigenvalue weighted by Gasteiger charge is 2.23. The molecule has 1 aromatic heterocycles. The van der Waals surface area contributed by atoms with Crippen molar-refractivity contribution in [1.29, 1.82) is 0 Å². The summed E-state index contributed by atoms with van der Waals surface area (Å²) in [4.78, 5) is 2.49. The molecule has 2 heteroatoms. The van der Waals surface area contributed by atoms with E-state index >= 15 is 0 Å². The second kappa shape index (κ2) is 12.8. The highest BCUT2D eigenvalue weighted by molar-refractivity contribution is 6.37. The van der Waals surface area contributed by atoms with E-state index in [1.165, 1.54) is 97.6 Å². The molecule has 0 aliphatic rings. The van der Waals surface area contributed by atoms with Crippen molar-refractivity contribution in [2.45, 2.75) is 0 Å². The van der Waals surface area contributed by atoms with E-state index in [0.717, 1.165) is 22.7 Å². The number of benzene rings is 11. The summed E-state index contributed by atoms with van der Waals surface area (Å²) >= 11 is 0. The van der Waals surface area contributed by atoms with Crippen LogP contribution in [0, 0.1) is 0 Å². The fourth-order valence-electron chi connectivity index (χ4n) is 10.3. The number of fused-ring (bicyclic) bond motifs is 5. The number of para-hydroxylation sites is 3. The highest BCUT2D eigenvalue weighted by Crippen LogP contribution is 2.48. The zero-order valence-corrected chi connectivity index (χ0v) is 32.7. The Hall–Kier alpha value is -7.94. The van der Waals surface area contributed by atoms with Crippen LogP contribution in [0.1, 0.15) is 0 Å². The van der Waals surface area contributed by atoms with Crippen LogP contribution in [0.15, 0.2) is 218 Å². The van der Waals surface area contributed by atoms with Crippen LogP contribution in [0.25, 0.3) is 103 Å². The Morgan fingerprint density at radius 3 is 1.53 bits per heavy atom. The molecule has 13 rings (SSSR count). The normalized spacial score (nSPS) is 12.0. The summed E-state index contributed by atoms with van der Waals surface area (Å²) in [6.45, 7) is 0. The van der Waals surface area contributed by atoms with Crippen molar-refractivity contribution in [2.75, 3.05) is 4.90 Å². The van der Waals surface area contributed by atoms with Gasteiger partial charge in [0.05, 0.1) is 16.7 Å². The molecule has 0 saturated heterocycles. The maximum Gasteiger partial charge on any atom is 0.0561 e. The first-order valence-corrected chi connectivity index (χ1v) is 20.8. The average Bonchev–Trinajstić information content (AvgIpc) is 3.64. The maximum absolute atomic E-state index is 2.49. The first-order valence-electron chi connectivity index (χ1n) is 20.8. The van der Waals surface area contributed by atoms with Gasteiger partial charge in [-0.2, -0.15) is 0 Å². The smallest absolute Gasteiger partial charge is 0.0561 e. The Labute approximate surface area is 346 Å². The molecule has 60 heavy (non-hydrogen) atoms. The zero-order valence-electron chi connectivity index (χ0n) is 32.7. The van der Waals surface area contributed by atoms with E-state index in [-0.39, 0.29) is 0 Å². The number of aromatic nitrogens is 1. The Balaban J connectivity index is 1.19. The Bertz CT molecular complexity index is 3820. The van der Waals surface area contributed by atoms with Crippen LogP contribution in [0.5, 0.6) is 0 Å². The SMILES string of the molecule is c1ccc(-c2ccccc2N(c2cc3ccc4cccc5c6cccc7ccc8cccc(c(c2)c3c45)c8c76)c2ccc3c4ccccc4n(-c4ccccc4)c3c2)cc1. The molecule has 0 N–H and O–H groups in total. The molecule has 13 aromatic rings. The number of hydrogen-bond acceptors (Lipinski definition) is 1. The number of anilines is 3. The largest absolute Gasteiger partial charge is 0.310 e. The molecule has 0 radical (unpaired) electrons. The number of hydrogen-bond donors (Lipinski definition) is 0. The molecule has 0 spiro atoms. The topological polar surface area (TPSA) is 8.17 Å². The lowest BCUT2D eigenvalue weighted by atomic mass is 9.87. The van der Waals surface area contributed by atoms with E-state index in [9.17, 15) is 0 Å². The summed E-state index contributed by atoms with van der Waals surface area (Å²) in [5, 5.41) is 17.8. The Morgan fingerprint density at radius 2 is 0.833 bits per heavy atom. The van der Waals surface area contributed by atoms with Crippen molar-refractivity contribution < 1.29 is 0 Å². The predicted octanol–water partition coefficient (Wildman–Crippen LogP) is 16.3. The fourth-order valence-corrected chi connectivity index (χ4v) is 10.3. The minimum atomic E-state index is 1.09. The van der Waals surface area contributed by atoms with Gasteiger partial charge in [-0.25, -0.2) is 0 Å². The molecule has 0 amide bonds. The van der Waals surface area contributed by atoms with Crippen LogP contribution in [-0.2, 0) is 0 Å². The minimum Gasteiger partial charge on any atom is -0.310 e. The van der Waals surface area contributed by atoms with Gasteiger partial charge in [-0.3, -0.25) is 0 Å². The van der Waals surface area contributed by atoms with Gasteiger partial charge in [0.15, 0.2) is 0 Å². The van der Waals surface area contributed by atoms with Crippen molar-refractivity contribution >= 4 is 104 Å². The predicted molar refractivity (Wildman–Crippen MR) is 257 cm³/mol. The number of rotatable bonds is 5. The van der Waals surface area contributed by atoms with E-state index in [2.05, 4.69) is 228 Å². The van der Waals surface area contributed by atoms with Crippen LogP contribution in [-0.4, -0.2) is 4.57 Å². The van der Waals surface area contributed by atoms with Gasteiger partial charge in [-0.1, -0.05) is 170 Å². The molecule has 0 aliphatic heterocycles. The molecule has 2 nitrogen and oxygen atoms in total. The Kier molecular flexibility index (Phi) is 7.05. The fraction of sp³-hybridized carbons (Fsp3) is 0. The van der Waals surface area contributed by atoms with Gasteiger partial charge in [0.25, 0.3) is 0 Å². The van der Waals surface area contributed by atoms with Gasteiger partial charge in [-0.05, 0) is 119 Å². The molecule has 0 atom stereocenters. The van der Waals surface area contributed by atoms with Crippen molar-refractivity contribution in [1.82, 2.24) is 4.57 Å². The monoisotopic (exact) mass is 760 g/mol. The average molecular weight is 761 g/mol. The molecule has 0 unspecified atom stereocenters. The third-order valence-corrected chi connectivity index (χ3v) is 12.8. The molecular weight excluding hydrogens is 725 g/mol. The minimum absolute atomic E-state index is 1.09. The third-order valence-electron chi connectivity index (χ3n) is 12.8. The summed E-state index contributed by atoms with van der Waals surface area (Å²) in [7, 11) is 0. The second-order valence-corrected chi connectivity index (χ2v) is 16.0. The third kappa shape index (κ3) is 4.76. The molecule has 0 saturated carbocycles. The molecular formula is C58H36N2. The van der Waals surface area contributed by atoms with Crippen molar-refractivity contribution in [3.05, 3.63) is 218 Å². The number of nitrogens with zero attached hydrogens (tertiary/aromatic N) is 2. The van der Waals surface area contributed by atoms with Crippen molar-refractivity contribution in [2.24, 2.45) is 0 Å².